The highest BCUT2D eigenvalue weighted by atomic mass is 35.5. The number of H-pyrrole nitrogens is 2. The van der Waals surface area contributed by atoms with Gasteiger partial charge in [-0.05, 0) is 36.4 Å². The summed E-state index contributed by atoms with van der Waals surface area (Å²) >= 11 is 7.29. The van der Waals surface area contributed by atoms with Gasteiger partial charge in [0, 0.05) is 10.6 Å². The Bertz CT molecular complexity index is 1090. The molecule has 0 atom stereocenters. The van der Waals surface area contributed by atoms with Gasteiger partial charge in [-0.1, -0.05) is 35.5 Å². The molecule has 124 valence electrons. The van der Waals surface area contributed by atoms with Crippen molar-refractivity contribution < 1.29 is 0 Å². The van der Waals surface area contributed by atoms with Gasteiger partial charge < -0.3 is 4.98 Å². The summed E-state index contributed by atoms with van der Waals surface area (Å²) in [5.41, 5.74) is 1.44. The Balaban J connectivity index is 1.52. The second-order valence-corrected chi connectivity index (χ2v) is 6.67. The van der Waals surface area contributed by atoms with Gasteiger partial charge in [0.25, 0.3) is 5.56 Å². The Kier molecular flexibility index (Phi) is 4.25. The van der Waals surface area contributed by atoms with Crippen LogP contribution in [0, 0.1) is 0 Å². The minimum atomic E-state index is -0.141. The lowest BCUT2D eigenvalue weighted by molar-refractivity contribution is 0.966. The molecule has 2 N–H and O–H groups in total. The number of rotatable bonds is 4. The van der Waals surface area contributed by atoms with Crippen LogP contribution in [-0.2, 0) is 5.75 Å². The van der Waals surface area contributed by atoms with Crippen LogP contribution in [-0.4, -0.2) is 25.1 Å². The number of nitrogens with one attached hydrogen (secondary N) is 2. The van der Waals surface area contributed by atoms with Crippen molar-refractivity contribution in [1.29, 1.82) is 0 Å². The zero-order valence-corrected chi connectivity index (χ0v) is 14.4. The molecule has 4 rings (SSSR count). The molecule has 6 nitrogen and oxygen atoms in total. The minimum absolute atomic E-state index is 0.141. The smallest absolute Gasteiger partial charge is 0.258 e. The van der Waals surface area contributed by atoms with E-state index in [0.717, 1.165) is 5.56 Å². The van der Waals surface area contributed by atoms with E-state index in [1.165, 1.54) is 11.8 Å². The molecule has 0 amide bonds. The topological polar surface area (TPSA) is 87.3 Å². The number of hydrogen-bond donors (Lipinski definition) is 2. The quantitative estimate of drug-likeness (QED) is 0.536. The fourth-order valence-corrected chi connectivity index (χ4v) is 3.18. The van der Waals surface area contributed by atoms with Crippen molar-refractivity contribution in [2.75, 3.05) is 0 Å². The normalized spacial score (nSPS) is 11.1. The number of benzene rings is 2. The molecule has 2 aromatic heterocycles. The van der Waals surface area contributed by atoms with E-state index in [4.69, 9.17) is 11.6 Å². The molecule has 0 fully saturated rings. The van der Waals surface area contributed by atoms with Gasteiger partial charge in [-0.15, -0.1) is 5.10 Å². The first kappa shape index (κ1) is 15.9. The third kappa shape index (κ3) is 3.42. The number of thioether (sulfide) groups is 1. The van der Waals surface area contributed by atoms with Gasteiger partial charge in [0.2, 0.25) is 5.16 Å². The maximum Gasteiger partial charge on any atom is 0.258 e. The Hall–Kier alpha value is -2.64. The Morgan fingerprint density at radius 3 is 2.68 bits per heavy atom. The first-order valence-corrected chi connectivity index (χ1v) is 8.84. The molecule has 4 aromatic rings. The average molecular weight is 370 g/mol. The van der Waals surface area contributed by atoms with E-state index in [9.17, 15) is 4.79 Å². The maximum atomic E-state index is 12.1. The molecule has 25 heavy (non-hydrogen) atoms. The Morgan fingerprint density at radius 1 is 1.04 bits per heavy atom. The van der Waals surface area contributed by atoms with Gasteiger partial charge in [0.1, 0.15) is 5.82 Å². The van der Waals surface area contributed by atoms with E-state index in [1.807, 2.05) is 30.3 Å². The third-order valence-corrected chi connectivity index (χ3v) is 4.69. The second-order valence-electron chi connectivity index (χ2n) is 5.29. The lowest BCUT2D eigenvalue weighted by Crippen LogP contribution is -2.11. The lowest BCUT2D eigenvalue weighted by atomic mass is 10.2. The number of para-hydroxylation sites is 1. The largest absolute Gasteiger partial charge is 0.309 e. The number of aromatic nitrogens is 5. The molecule has 0 radical (unpaired) electrons. The number of nitrogens with zero attached hydrogens (tertiary/aromatic N) is 3. The molecule has 0 aliphatic carbocycles. The highest BCUT2D eigenvalue weighted by Crippen LogP contribution is 2.22. The molecule has 8 heteroatoms. The van der Waals surface area contributed by atoms with Crippen molar-refractivity contribution in [2.45, 2.75) is 10.9 Å². The average Bonchev–Trinajstić information content (AvgIpc) is 3.10. The molecule has 2 aromatic carbocycles. The molecular weight excluding hydrogens is 358 g/mol. The molecule has 0 aliphatic heterocycles. The fraction of sp³-hybridized carbons (Fsp3) is 0.0588. The van der Waals surface area contributed by atoms with Crippen molar-refractivity contribution in [3.8, 4) is 11.4 Å². The molecule has 2 heterocycles. The summed E-state index contributed by atoms with van der Waals surface area (Å²) in [6.07, 6.45) is 0. The molecular formula is C17H12ClN5OS. The van der Waals surface area contributed by atoms with E-state index in [-0.39, 0.29) is 5.56 Å². The molecule has 0 bridgehead atoms. The number of halogens is 1. The Morgan fingerprint density at radius 2 is 1.84 bits per heavy atom. The van der Waals surface area contributed by atoms with Crippen LogP contribution in [0.15, 0.2) is 58.5 Å². The highest BCUT2D eigenvalue weighted by Gasteiger charge is 2.08. The monoisotopic (exact) mass is 369 g/mol. The van der Waals surface area contributed by atoms with Crippen LogP contribution in [0.2, 0.25) is 5.02 Å². The van der Waals surface area contributed by atoms with Crippen LogP contribution < -0.4 is 5.56 Å². The predicted octanol–water partition coefficient (Wildman–Crippen LogP) is 3.65. The standard InChI is InChI=1S/C17H12ClN5OS/c18-11-7-5-10(6-8-11)15-21-17(23-22-15)25-9-14-19-13-4-2-1-3-12(13)16(24)20-14/h1-8H,9H2,(H,19,20,24)(H,21,22,23). The van der Waals surface area contributed by atoms with Crippen molar-refractivity contribution in [3.05, 3.63) is 69.7 Å². The van der Waals surface area contributed by atoms with Gasteiger partial charge in [-0.2, -0.15) is 0 Å². The van der Waals surface area contributed by atoms with Crippen LogP contribution in [0.5, 0.6) is 0 Å². The molecule has 0 spiro atoms. The van der Waals surface area contributed by atoms with E-state index in [1.54, 1.807) is 18.2 Å². The van der Waals surface area contributed by atoms with Gasteiger partial charge in [0.15, 0.2) is 5.82 Å². The highest BCUT2D eigenvalue weighted by molar-refractivity contribution is 7.98. The van der Waals surface area contributed by atoms with Gasteiger partial charge in [0.05, 0.1) is 16.7 Å². The summed E-state index contributed by atoms with van der Waals surface area (Å²) in [6.45, 7) is 0. The second kappa shape index (κ2) is 6.70. The van der Waals surface area contributed by atoms with Crippen LogP contribution in [0.1, 0.15) is 5.82 Å². The van der Waals surface area contributed by atoms with E-state index in [2.05, 4.69) is 25.1 Å². The van der Waals surface area contributed by atoms with E-state index in [0.29, 0.717) is 38.5 Å². The Labute approximate surface area is 151 Å². The summed E-state index contributed by atoms with van der Waals surface area (Å²) < 4.78 is 0. The minimum Gasteiger partial charge on any atom is -0.309 e. The number of fused-ring (bicyclic) bond motifs is 1. The van der Waals surface area contributed by atoms with Crippen molar-refractivity contribution in [3.63, 3.8) is 0 Å². The molecule has 0 saturated heterocycles. The van der Waals surface area contributed by atoms with Crippen LogP contribution in [0.25, 0.3) is 22.3 Å². The SMILES string of the molecule is O=c1[nH]c(CSc2n[nH]c(-c3ccc(Cl)cc3)n2)nc2ccccc12. The van der Waals surface area contributed by atoms with Crippen LogP contribution in [0.3, 0.4) is 0 Å². The summed E-state index contributed by atoms with van der Waals surface area (Å²) in [4.78, 5) is 23.8. The zero-order valence-electron chi connectivity index (χ0n) is 12.9. The van der Waals surface area contributed by atoms with Gasteiger partial charge in [-0.3, -0.25) is 9.89 Å². The molecule has 0 unspecified atom stereocenters. The first-order valence-electron chi connectivity index (χ1n) is 7.48. The zero-order chi connectivity index (χ0) is 17.2. The fourth-order valence-electron chi connectivity index (χ4n) is 2.38. The van der Waals surface area contributed by atoms with Gasteiger partial charge >= 0.3 is 0 Å². The van der Waals surface area contributed by atoms with Crippen LogP contribution in [0.4, 0.5) is 0 Å². The summed E-state index contributed by atoms with van der Waals surface area (Å²) in [5, 5.41) is 8.93. The van der Waals surface area contributed by atoms with Crippen molar-refractivity contribution in [2.24, 2.45) is 0 Å². The van der Waals surface area contributed by atoms with Crippen molar-refractivity contribution in [1.82, 2.24) is 25.1 Å². The van der Waals surface area contributed by atoms with Crippen LogP contribution >= 0.6 is 23.4 Å². The third-order valence-electron chi connectivity index (χ3n) is 3.58. The number of aromatic amines is 2. The maximum absolute atomic E-state index is 12.1. The summed E-state index contributed by atoms with van der Waals surface area (Å²) in [6, 6.07) is 14.6. The molecule has 0 saturated carbocycles. The lowest BCUT2D eigenvalue weighted by Gasteiger charge is -2.01. The number of hydrogen-bond acceptors (Lipinski definition) is 5. The first-order chi connectivity index (χ1) is 12.2. The van der Waals surface area contributed by atoms with Crippen molar-refractivity contribution >= 4 is 34.3 Å². The van der Waals surface area contributed by atoms with Gasteiger partial charge in [-0.25, -0.2) is 9.97 Å². The van der Waals surface area contributed by atoms with E-state index < -0.39 is 0 Å². The van der Waals surface area contributed by atoms with E-state index >= 15 is 0 Å². The predicted molar refractivity (Wildman–Crippen MR) is 98.8 cm³/mol. The molecule has 0 aliphatic rings. The summed E-state index contributed by atoms with van der Waals surface area (Å²) in [5.74, 6) is 1.73. The summed E-state index contributed by atoms with van der Waals surface area (Å²) in [7, 11) is 0.